The molecule has 1 heterocycles. The number of hydrogen-bond acceptors (Lipinski definition) is 4. The van der Waals surface area contributed by atoms with Crippen molar-refractivity contribution in [1.82, 2.24) is 9.97 Å². The average molecular weight is 271 g/mol. The predicted octanol–water partition coefficient (Wildman–Crippen LogP) is 2.50. The minimum Gasteiger partial charge on any atom is -0.396 e. The molecule has 1 aromatic carbocycles. The van der Waals surface area contributed by atoms with E-state index < -0.39 is 0 Å². The maximum atomic E-state index is 9.61. The summed E-state index contributed by atoms with van der Waals surface area (Å²) in [4.78, 5) is 8.53. The number of aliphatic hydroxyl groups is 1. The molecule has 0 spiro atoms. The molecule has 0 fully saturated rings. The Balaban J connectivity index is 2.24. The first-order chi connectivity index (χ1) is 9.60. The third kappa shape index (κ3) is 3.54. The van der Waals surface area contributed by atoms with Crippen LogP contribution in [0.2, 0.25) is 0 Å². The van der Waals surface area contributed by atoms with E-state index in [2.05, 4.69) is 23.8 Å². The van der Waals surface area contributed by atoms with Gasteiger partial charge in [0.2, 0.25) is 5.95 Å². The minimum absolute atomic E-state index is 0.0329. The van der Waals surface area contributed by atoms with Crippen LogP contribution in [-0.2, 0) is 6.42 Å². The number of anilines is 1. The fourth-order valence-corrected chi connectivity index (χ4v) is 2.21. The zero-order valence-electron chi connectivity index (χ0n) is 12.0. The molecule has 0 saturated carbocycles. The molecule has 0 radical (unpaired) electrons. The van der Waals surface area contributed by atoms with Crippen LogP contribution < -0.4 is 5.73 Å². The van der Waals surface area contributed by atoms with E-state index in [0.717, 1.165) is 17.0 Å². The molecule has 0 saturated heterocycles. The van der Waals surface area contributed by atoms with Gasteiger partial charge in [0.15, 0.2) is 0 Å². The van der Waals surface area contributed by atoms with Gasteiger partial charge in [-0.05, 0) is 24.0 Å². The summed E-state index contributed by atoms with van der Waals surface area (Å²) in [5.41, 5.74) is 8.70. The van der Waals surface area contributed by atoms with Crippen LogP contribution in [0.1, 0.15) is 42.6 Å². The van der Waals surface area contributed by atoms with Gasteiger partial charge in [0.05, 0.1) is 6.61 Å². The molecule has 0 aliphatic heterocycles. The first kappa shape index (κ1) is 14.5. The normalized spacial score (nSPS) is 12.6. The van der Waals surface area contributed by atoms with E-state index in [-0.39, 0.29) is 12.5 Å². The molecule has 20 heavy (non-hydrogen) atoms. The summed E-state index contributed by atoms with van der Waals surface area (Å²) < 4.78 is 0. The Morgan fingerprint density at radius 1 is 1.15 bits per heavy atom. The van der Waals surface area contributed by atoms with Gasteiger partial charge in [-0.2, -0.15) is 0 Å². The van der Waals surface area contributed by atoms with Gasteiger partial charge >= 0.3 is 0 Å². The Morgan fingerprint density at radius 2 is 1.85 bits per heavy atom. The topological polar surface area (TPSA) is 72.0 Å². The fraction of sp³-hybridized carbons (Fsp3) is 0.375. The highest BCUT2D eigenvalue weighted by atomic mass is 16.3. The number of nitrogens with two attached hydrogens (primary N) is 1. The summed E-state index contributed by atoms with van der Waals surface area (Å²) >= 11 is 0. The molecule has 2 rings (SSSR count). The van der Waals surface area contributed by atoms with Gasteiger partial charge in [-0.3, -0.25) is 0 Å². The van der Waals surface area contributed by atoms with Crippen LogP contribution in [0, 0.1) is 0 Å². The number of rotatable bonds is 5. The predicted molar refractivity (Wildman–Crippen MR) is 80.5 cm³/mol. The summed E-state index contributed by atoms with van der Waals surface area (Å²) in [6.07, 6.45) is 0.660. The van der Waals surface area contributed by atoms with Crippen molar-refractivity contribution in [1.29, 1.82) is 0 Å². The number of nitrogens with zero attached hydrogens (tertiary/aromatic N) is 2. The standard InChI is InChI=1S/C16H21N3O/c1-11(2)15-9-14(18-16(17)19-15)8-13(10-20)12-6-4-3-5-7-12/h3-7,9,11,13,20H,8,10H2,1-2H3,(H2,17,18,19)/t13-/m1/s1. The van der Waals surface area contributed by atoms with Gasteiger partial charge < -0.3 is 10.8 Å². The van der Waals surface area contributed by atoms with E-state index in [1.54, 1.807) is 0 Å². The molecule has 3 N–H and O–H groups in total. The number of nitrogen functional groups attached to an aromatic ring is 1. The van der Waals surface area contributed by atoms with Crippen LogP contribution in [0.4, 0.5) is 5.95 Å². The molecule has 0 amide bonds. The largest absolute Gasteiger partial charge is 0.396 e. The molecule has 0 bridgehead atoms. The van der Waals surface area contributed by atoms with Crippen molar-refractivity contribution < 1.29 is 5.11 Å². The van der Waals surface area contributed by atoms with Crippen molar-refractivity contribution in [3.8, 4) is 0 Å². The molecule has 4 nitrogen and oxygen atoms in total. The average Bonchev–Trinajstić information content (AvgIpc) is 2.45. The van der Waals surface area contributed by atoms with Crippen molar-refractivity contribution in [3.63, 3.8) is 0 Å². The van der Waals surface area contributed by atoms with Crippen LogP contribution in [0.15, 0.2) is 36.4 Å². The van der Waals surface area contributed by atoms with E-state index in [1.165, 1.54) is 0 Å². The smallest absolute Gasteiger partial charge is 0.220 e. The van der Waals surface area contributed by atoms with E-state index in [0.29, 0.717) is 18.3 Å². The monoisotopic (exact) mass is 271 g/mol. The molecule has 106 valence electrons. The summed E-state index contributed by atoms with van der Waals surface area (Å²) in [5, 5.41) is 9.61. The Kier molecular flexibility index (Phi) is 4.69. The number of benzene rings is 1. The van der Waals surface area contributed by atoms with Gasteiger partial charge in [0.25, 0.3) is 0 Å². The third-order valence-corrected chi connectivity index (χ3v) is 3.35. The first-order valence-electron chi connectivity index (χ1n) is 6.89. The highest BCUT2D eigenvalue weighted by Crippen LogP contribution is 2.21. The quantitative estimate of drug-likeness (QED) is 0.876. The van der Waals surface area contributed by atoms with Crippen molar-refractivity contribution in [2.75, 3.05) is 12.3 Å². The lowest BCUT2D eigenvalue weighted by Gasteiger charge is -2.15. The summed E-state index contributed by atoms with van der Waals surface area (Å²) in [5.74, 6) is 0.643. The molecule has 1 atom stereocenters. The molecule has 4 heteroatoms. The third-order valence-electron chi connectivity index (χ3n) is 3.35. The molecule has 0 unspecified atom stereocenters. The molecule has 2 aromatic rings. The second kappa shape index (κ2) is 6.48. The van der Waals surface area contributed by atoms with Gasteiger partial charge in [-0.1, -0.05) is 44.2 Å². The summed E-state index contributed by atoms with van der Waals surface area (Å²) in [7, 11) is 0. The molecule has 1 aromatic heterocycles. The SMILES string of the molecule is CC(C)c1cc(C[C@H](CO)c2ccccc2)nc(N)n1. The Labute approximate surface area is 119 Å². The Morgan fingerprint density at radius 3 is 2.45 bits per heavy atom. The van der Waals surface area contributed by atoms with Crippen LogP contribution in [-0.4, -0.2) is 21.7 Å². The van der Waals surface area contributed by atoms with Crippen molar-refractivity contribution in [3.05, 3.63) is 53.3 Å². The van der Waals surface area contributed by atoms with Crippen LogP contribution in [0.25, 0.3) is 0 Å². The van der Waals surface area contributed by atoms with Crippen LogP contribution >= 0.6 is 0 Å². The lowest BCUT2D eigenvalue weighted by Crippen LogP contribution is -2.11. The maximum absolute atomic E-state index is 9.61. The van der Waals surface area contributed by atoms with Gasteiger partial charge in [-0.15, -0.1) is 0 Å². The summed E-state index contributed by atoms with van der Waals surface area (Å²) in [6.45, 7) is 4.24. The molecular formula is C16H21N3O. The minimum atomic E-state index is 0.0329. The Bertz CT molecular complexity index is 555. The van der Waals surface area contributed by atoms with Crippen molar-refractivity contribution in [2.24, 2.45) is 0 Å². The first-order valence-corrected chi connectivity index (χ1v) is 6.89. The zero-order valence-corrected chi connectivity index (χ0v) is 12.0. The van der Waals surface area contributed by atoms with Gasteiger partial charge in [-0.25, -0.2) is 9.97 Å². The van der Waals surface area contributed by atoms with E-state index in [1.807, 2.05) is 36.4 Å². The van der Waals surface area contributed by atoms with E-state index in [9.17, 15) is 5.11 Å². The van der Waals surface area contributed by atoms with E-state index >= 15 is 0 Å². The van der Waals surface area contributed by atoms with E-state index in [4.69, 9.17) is 5.73 Å². The fourth-order valence-electron chi connectivity index (χ4n) is 2.21. The number of aliphatic hydroxyl groups excluding tert-OH is 1. The number of hydrogen-bond donors (Lipinski definition) is 2. The lowest BCUT2D eigenvalue weighted by molar-refractivity contribution is 0.264. The number of aromatic nitrogens is 2. The molecule has 0 aliphatic carbocycles. The lowest BCUT2D eigenvalue weighted by atomic mass is 9.94. The second-order valence-corrected chi connectivity index (χ2v) is 5.29. The maximum Gasteiger partial charge on any atom is 0.220 e. The highest BCUT2D eigenvalue weighted by Gasteiger charge is 2.14. The van der Waals surface area contributed by atoms with Crippen molar-refractivity contribution in [2.45, 2.75) is 32.1 Å². The van der Waals surface area contributed by atoms with Gasteiger partial charge in [0.1, 0.15) is 0 Å². The molecular weight excluding hydrogens is 250 g/mol. The molecule has 0 aliphatic rings. The van der Waals surface area contributed by atoms with Crippen LogP contribution in [0.5, 0.6) is 0 Å². The van der Waals surface area contributed by atoms with Crippen molar-refractivity contribution >= 4 is 5.95 Å². The second-order valence-electron chi connectivity index (χ2n) is 5.29. The van der Waals surface area contributed by atoms with Gasteiger partial charge in [0, 0.05) is 17.3 Å². The Hall–Kier alpha value is -1.94. The highest BCUT2D eigenvalue weighted by molar-refractivity contribution is 5.27. The zero-order chi connectivity index (χ0) is 14.5. The van der Waals surface area contributed by atoms with Crippen LogP contribution in [0.3, 0.4) is 0 Å². The summed E-state index contributed by atoms with van der Waals surface area (Å²) in [6, 6.07) is 11.9.